The Morgan fingerprint density at radius 3 is 2.19 bits per heavy atom. The molecule has 0 aromatic heterocycles. The van der Waals surface area contributed by atoms with Gasteiger partial charge in [-0.15, -0.1) is 0 Å². The van der Waals surface area contributed by atoms with E-state index >= 15 is 0 Å². The SMILES string of the molecule is Nc1ccc(S(=O)(=O)NC(=O)c2ccc(N3CCN(Cc4ccccc4-c4ccc(Cl)cc4)CC3)cc2)cc1C(F)(F)F. The maximum atomic E-state index is 13.2. The van der Waals surface area contributed by atoms with Crippen LogP contribution in [0.3, 0.4) is 0 Å². The third-order valence-corrected chi connectivity index (χ3v) is 8.88. The number of anilines is 2. The summed E-state index contributed by atoms with van der Waals surface area (Å²) in [7, 11) is -4.57. The lowest BCUT2D eigenvalue weighted by Crippen LogP contribution is -2.46. The number of rotatable bonds is 7. The average Bonchev–Trinajstić information content (AvgIpc) is 2.98. The maximum absolute atomic E-state index is 13.2. The lowest BCUT2D eigenvalue weighted by molar-refractivity contribution is -0.137. The molecule has 1 aliphatic rings. The lowest BCUT2D eigenvalue weighted by Gasteiger charge is -2.36. The molecule has 0 atom stereocenters. The molecule has 1 amide bonds. The molecule has 1 saturated heterocycles. The van der Waals surface area contributed by atoms with Gasteiger partial charge in [0, 0.05) is 54.7 Å². The van der Waals surface area contributed by atoms with Gasteiger partial charge in [-0.05, 0) is 71.3 Å². The molecule has 12 heteroatoms. The molecule has 43 heavy (non-hydrogen) atoms. The number of carbonyl (C=O) groups excluding carboxylic acids is 1. The highest BCUT2D eigenvalue weighted by molar-refractivity contribution is 7.90. The third-order valence-electron chi connectivity index (χ3n) is 7.30. The van der Waals surface area contributed by atoms with E-state index in [-0.39, 0.29) is 5.56 Å². The van der Waals surface area contributed by atoms with E-state index in [1.54, 1.807) is 12.1 Å². The molecule has 0 unspecified atom stereocenters. The van der Waals surface area contributed by atoms with Crippen LogP contribution in [0, 0.1) is 0 Å². The monoisotopic (exact) mass is 628 g/mol. The second-order valence-electron chi connectivity index (χ2n) is 10.2. The molecule has 0 radical (unpaired) electrons. The molecule has 3 N–H and O–H groups in total. The van der Waals surface area contributed by atoms with Crippen LogP contribution in [0.15, 0.2) is 95.9 Å². The minimum atomic E-state index is -4.84. The van der Waals surface area contributed by atoms with Crippen LogP contribution in [-0.4, -0.2) is 45.4 Å². The zero-order valence-corrected chi connectivity index (χ0v) is 24.4. The molecular weight excluding hydrogens is 601 g/mol. The Kier molecular flexibility index (Phi) is 8.68. The van der Waals surface area contributed by atoms with Gasteiger partial charge in [0.15, 0.2) is 0 Å². The van der Waals surface area contributed by atoms with Crippen LogP contribution in [0.5, 0.6) is 0 Å². The van der Waals surface area contributed by atoms with E-state index in [1.165, 1.54) is 17.7 Å². The zero-order chi connectivity index (χ0) is 30.8. The van der Waals surface area contributed by atoms with Gasteiger partial charge in [-0.3, -0.25) is 9.69 Å². The van der Waals surface area contributed by atoms with Gasteiger partial charge in [0.05, 0.1) is 10.5 Å². The fourth-order valence-electron chi connectivity index (χ4n) is 4.99. The standard InChI is InChI=1S/C31H28ClF3N4O3S/c32-24-9-5-21(6-10-24)27-4-2-1-3-23(27)20-38-15-17-39(18-16-38)25-11-7-22(8-12-25)30(40)37-43(41,42)26-13-14-29(36)28(19-26)31(33,34)35/h1-14,19H,15-18,20,36H2,(H,37,40). The topological polar surface area (TPSA) is 95.7 Å². The third kappa shape index (κ3) is 7.12. The van der Waals surface area contributed by atoms with Crippen LogP contribution in [-0.2, 0) is 22.7 Å². The summed E-state index contributed by atoms with van der Waals surface area (Å²) in [6.07, 6.45) is -4.84. The first-order valence-corrected chi connectivity index (χ1v) is 15.2. The van der Waals surface area contributed by atoms with Gasteiger partial charge in [-0.25, -0.2) is 13.1 Å². The highest BCUT2D eigenvalue weighted by Crippen LogP contribution is 2.35. The number of hydrogen-bond acceptors (Lipinski definition) is 6. The number of sulfonamides is 1. The summed E-state index contributed by atoms with van der Waals surface area (Å²) in [5, 5.41) is 0.692. The van der Waals surface area contributed by atoms with E-state index in [1.807, 2.05) is 41.1 Å². The number of nitrogens with two attached hydrogens (primary N) is 1. The minimum absolute atomic E-state index is 0.0521. The van der Waals surface area contributed by atoms with Crippen LogP contribution >= 0.6 is 11.6 Å². The second-order valence-corrected chi connectivity index (χ2v) is 12.3. The van der Waals surface area contributed by atoms with Gasteiger partial charge < -0.3 is 10.6 Å². The number of nitrogen functional groups attached to an aromatic ring is 1. The van der Waals surface area contributed by atoms with E-state index in [2.05, 4.69) is 21.9 Å². The molecule has 0 aliphatic carbocycles. The van der Waals surface area contributed by atoms with Crippen LogP contribution in [0.2, 0.25) is 5.02 Å². The summed E-state index contributed by atoms with van der Waals surface area (Å²) in [6, 6.07) is 24.7. The van der Waals surface area contributed by atoms with Crippen LogP contribution < -0.4 is 15.4 Å². The zero-order valence-electron chi connectivity index (χ0n) is 22.8. The molecule has 1 heterocycles. The average molecular weight is 629 g/mol. The summed E-state index contributed by atoms with van der Waals surface area (Å²) in [6.45, 7) is 3.93. The molecule has 5 rings (SSSR count). The van der Waals surface area contributed by atoms with Crippen molar-refractivity contribution in [3.63, 3.8) is 0 Å². The molecule has 1 aliphatic heterocycles. The first-order valence-electron chi connectivity index (χ1n) is 13.4. The van der Waals surface area contributed by atoms with Crippen LogP contribution in [0.25, 0.3) is 11.1 Å². The van der Waals surface area contributed by atoms with Crippen molar-refractivity contribution in [3.05, 3.63) is 113 Å². The minimum Gasteiger partial charge on any atom is -0.398 e. The first-order chi connectivity index (χ1) is 20.4. The van der Waals surface area contributed by atoms with Gasteiger partial charge in [0.1, 0.15) is 0 Å². The molecule has 0 saturated carbocycles. The lowest BCUT2D eigenvalue weighted by atomic mass is 9.99. The van der Waals surface area contributed by atoms with Gasteiger partial charge in [0.2, 0.25) is 0 Å². The number of nitrogens with zero attached hydrogens (tertiary/aromatic N) is 2. The first kappa shape index (κ1) is 30.4. The van der Waals surface area contributed by atoms with Gasteiger partial charge in [0.25, 0.3) is 15.9 Å². The fourth-order valence-corrected chi connectivity index (χ4v) is 6.11. The molecule has 224 valence electrons. The summed E-state index contributed by atoms with van der Waals surface area (Å²) in [5.74, 6) is -0.957. The number of halogens is 4. The highest BCUT2D eigenvalue weighted by Gasteiger charge is 2.34. The number of nitrogens with one attached hydrogen (secondary N) is 1. The largest absolute Gasteiger partial charge is 0.418 e. The number of hydrogen-bond donors (Lipinski definition) is 2. The predicted octanol–water partition coefficient (Wildman–Crippen LogP) is 6.05. The van der Waals surface area contributed by atoms with Crippen molar-refractivity contribution in [2.75, 3.05) is 36.8 Å². The van der Waals surface area contributed by atoms with Gasteiger partial charge in [-0.1, -0.05) is 48.0 Å². The van der Waals surface area contributed by atoms with Crippen molar-refractivity contribution in [3.8, 4) is 11.1 Å². The Labute approximate surface area is 252 Å². The van der Waals surface area contributed by atoms with E-state index in [4.69, 9.17) is 17.3 Å². The van der Waals surface area contributed by atoms with Crippen molar-refractivity contribution >= 4 is 38.9 Å². The fraction of sp³-hybridized carbons (Fsp3) is 0.194. The smallest absolute Gasteiger partial charge is 0.398 e. The summed E-state index contributed by atoms with van der Waals surface area (Å²) < 4.78 is 66.6. The highest BCUT2D eigenvalue weighted by atomic mass is 35.5. The van der Waals surface area contributed by atoms with E-state index < -0.39 is 38.3 Å². The molecule has 0 spiro atoms. The Balaban J connectivity index is 1.19. The van der Waals surface area contributed by atoms with Crippen LogP contribution in [0.4, 0.5) is 24.5 Å². The number of alkyl halides is 3. The number of amides is 1. The van der Waals surface area contributed by atoms with E-state index in [0.717, 1.165) is 61.7 Å². The van der Waals surface area contributed by atoms with Crippen molar-refractivity contribution in [1.29, 1.82) is 0 Å². The Morgan fingerprint density at radius 2 is 1.53 bits per heavy atom. The number of carbonyl (C=O) groups is 1. The van der Waals surface area contributed by atoms with E-state index in [9.17, 15) is 26.4 Å². The second kappa shape index (κ2) is 12.3. The summed E-state index contributed by atoms with van der Waals surface area (Å²) in [5.41, 5.74) is 7.85. The Morgan fingerprint density at radius 1 is 0.884 bits per heavy atom. The van der Waals surface area contributed by atoms with Gasteiger partial charge in [-0.2, -0.15) is 13.2 Å². The Hall–Kier alpha value is -4.06. The molecule has 7 nitrogen and oxygen atoms in total. The van der Waals surface area contributed by atoms with Crippen molar-refractivity contribution in [2.24, 2.45) is 0 Å². The molecule has 4 aromatic rings. The Bertz CT molecular complexity index is 1720. The van der Waals surface area contributed by atoms with Crippen molar-refractivity contribution in [2.45, 2.75) is 17.6 Å². The quantitative estimate of drug-likeness (QED) is 0.242. The molecule has 1 fully saturated rings. The van der Waals surface area contributed by atoms with Crippen molar-refractivity contribution in [1.82, 2.24) is 9.62 Å². The molecule has 4 aromatic carbocycles. The van der Waals surface area contributed by atoms with Crippen molar-refractivity contribution < 1.29 is 26.4 Å². The number of benzene rings is 4. The summed E-state index contributed by atoms with van der Waals surface area (Å²) in [4.78, 5) is 16.5. The predicted molar refractivity (Wildman–Crippen MR) is 161 cm³/mol. The summed E-state index contributed by atoms with van der Waals surface area (Å²) >= 11 is 6.06. The normalized spacial score (nSPS) is 14.5. The maximum Gasteiger partial charge on any atom is 0.418 e. The van der Waals surface area contributed by atoms with E-state index in [0.29, 0.717) is 11.1 Å². The van der Waals surface area contributed by atoms with Crippen LogP contribution in [0.1, 0.15) is 21.5 Å². The van der Waals surface area contributed by atoms with Gasteiger partial charge >= 0.3 is 6.18 Å². The molecular formula is C31H28ClF3N4O3S. The number of piperazine rings is 1. The molecule has 0 bridgehead atoms.